The molecule has 0 aliphatic carbocycles. The van der Waals surface area contributed by atoms with Crippen molar-refractivity contribution in [2.75, 3.05) is 28.6 Å². The molecule has 6 heterocycles. The molecule has 1 unspecified atom stereocenters. The zero-order valence-electron chi connectivity index (χ0n) is 40.4. The van der Waals surface area contributed by atoms with Gasteiger partial charge in [-0.05, 0) is 111 Å². The maximum Gasteiger partial charge on any atom is 0.270 e. The van der Waals surface area contributed by atoms with Gasteiger partial charge in [-0.25, -0.2) is 9.97 Å². The summed E-state index contributed by atoms with van der Waals surface area (Å²) in [6.45, 7) is 12.2. The summed E-state index contributed by atoms with van der Waals surface area (Å²) in [6, 6.07) is 23.0. The number of fused-ring (bicyclic) bond motifs is 3. The van der Waals surface area contributed by atoms with Crippen LogP contribution >= 0.6 is 11.3 Å². The number of thiazole rings is 1. The zero-order valence-corrected chi connectivity index (χ0v) is 41.2. The number of anilines is 3. The van der Waals surface area contributed by atoms with Crippen molar-refractivity contribution >= 4 is 78.6 Å². The minimum Gasteiger partial charge on any atom is -0.352 e. The molecule has 4 N–H and O–H groups in total. The molecule has 1 fully saturated rings. The average molecular weight is 972 g/mol. The van der Waals surface area contributed by atoms with E-state index in [2.05, 4.69) is 62.7 Å². The number of pyridine rings is 1. The monoisotopic (exact) mass is 971 g/mol. The van der Waals surface area contributed by atoms with Gasteiger partial charge >= 0.3 is 0 Å². The molecule has 9 rings (SSSR count). The first-order valence-electron chi connectivity index (χ1n) is 24.1. The van der Waals surface area contributed by atoms with Gasteiger partial charge in [0, 0.05) is 73.0 Å². The van der Waals surface area contributed by atoms with Gasteiger partial charge in [0.15, 0.2) is 5.13 Å². The molecular weight excluding hydrogens is 915 g/mol. The van der Waals surface area contributed by atoms with Crippen LogP contribution in [0.2, 0.25) is 0 Å². The Morgan fingerprint density at radius 1 is 0.944 bits per heavy atom. The summed E-state index contributed by atoms with van der Waals surface area (Å²) in [5, 5.41) is 22.2. The number of rotatable bonds is 17. The van der Waals surface area contributed by atoms with E-state index in [1.54, 1.807) is 24.0 Å². The highest BCUT2D eigenvalue weighted by Crippen LogP contribution is 2.34. The van der Waals surface area contributed by atoms with Gasteiger partial charge in [0.05, 0.1) is 40.1 Å². The number of nitrogens with one attached hydrogen (secondary N) is 4. The number of amides is 5. The lowest BCUT2D eigenvalue weighted by atomic mass is 9.93. The molecule has 1 saturated heterocycles. The predicted octanol–water partition coefficient (Wildman–Crippen LogP) is 8.93. The van der Waals surface area contributed by atoms with Crippen molar-refractivity contribution < 1.29 is 24.0 Å². The molecule has 16 nitrogen and oxygen atoms in total. The van der Waals surface area contributed by atoms with Crippen LogP contribution < -0.4 is 26.2 Å². The van der Waals surface area contributed by atoms with Crippen molar-refractivity contribution in [1.82, 2.24) is 40.2 Å². The van der Waals surface area contributed by atoms with Crippen LogP contribution in [0.3, 0.4) is 0 Å². The van der Waals surface area contributed by atoms with E-state index in [0.717, 1.165) is 55.5 Å². The van der Waals surface area contributed by atoms with Crippen LogP contribution in [-0.4, -0.2) is 72.2 Å². The molecule has 0 bridgehead atoms. The maximum atomic E-state index is 14.3. The van der Waals surface area contributed by atoms with Crippen molar-refractivity contribution in [3.63, 3.8) is 0 Å². The number of hydrogen-bond donors (Lipinski definition) is 4. The fourth-order valence-corrected chi connectivity index (χ4v) is 10.3. The Balaban J connectivity index is 0.867. The summed E-state index contributed by atoms with van der Waals surface area (Å²) in [5.41, 5.74) is 10.4. The second-order valence-corrected chi connectivity index (χ2v) is 19.2. The smallest absolute Gasteiger partial charge is 0.270 e. The largest absolute Gasteiger partial charge is 0.352 e. The number of hydrogen-bond acceptors (Lipinski definition) is 11. The lowest BCUT2D eigenvalue weighted by Gasteiger charge is -2.31. The van der Waals surface area contributed by atoms with E-state index in [1.807, 2.05) is 78.3 Å². The topological polar surface area (TPSA) is 198 Å². The van der Waals surface area contributed by atoms with Gasteiger partial charge in [0.1, 0.15) is 11.5 Å². The van der Waals surface area contributed by atoms with Crippen LogP contribution in [0.5, 0.6) is 0 Å². The second-order valence-electron chi connectivity index (χ2n) is 18.1. The van der Waals surface area contributed by atoms with E-state index in [9.17, 15) is 24.0 Å². The lowest BCUT2D eigenvalue weighted by Crippen LogP contribution is -2.39. The predicted molar refractivity (Wildman–Crippen MR) is 277 cm³/mol. The summed E-state index contributed by atoms with van der Waals surface area (Å²) in [5.74, 6) is -1.19. The molecular formula is C54H57N11O5S. The number of carbonyl (C=O) groups excluding carboxylic acids is 5. The van der Waals surface area contributed by atoms with Gasteiger partial charge in [0.25, 0.3) is 11.8 Å². The number of piperidine rings is 1. The van der Waals surface area contributed by atoms with Gasteiger partial charge in [-0.2, -0.15) is 10.2 Å². The van der Waals surface area contributed by atoms with Crippen molar-refractivity contribution in [3.8, 4) is 11.1 Å². The van der Waals surface area contributed by atoms with E-state index < -0.39 is 5.92 Å². The Labute approximate surface area is 415 Å². The number of unbranched alkanes of at least 4 members (excludes halogenated alkanes) is 2. The highest BCUT2D eigenvalue weighted by molar-refractivity contribution is 7.22. The highest BCUT2D eigenvalue weighted by Gasteiger charge is 2.32. The molecule has 364 valence electrons. The minimum atomic E-state index is -0.514. The van der Waals surface area contributed by atoms with Gasteiger partial charge in [-0.3, -0.25) is 44.0 Å². The number of para-hydroxylation sites is 1. The number of imide groups is 1. The third-order valence-electron chi connectivity index (χ3n) is 13.6. The molecule has 7 aromatic rings. The van der Waals surface area contributed by atoms with E-state index in [0.29, 0.717) is 98.2 Å². The van der Waals surface area contributed by atoms with Gasteiger partial charge in [0.2, 0.25) is 17.7 Å². The van der Waals surface area contributed by atoms with Crippen molar-refractivity contribution in [3.05, 3.63) is 137 Å². The Kier molecular flexibility index (Phi) is 14.3. The number of aryl methyl sites for hydroxylation is 1. The molecule has 2 aliphatic rings. The highest BCUT2D eigenvalue weighted by atomic mass is 32.1. The second kappa shape index (κ2) is 21.1. The molecule has 71 heavy (non-hydrogen) atoms. The van der Waals surface area contributed by atoms with Crippen LogP contribution in [0, 0.1) is 6.92 Å². The zero-order chi connectivity index (χ0) is 49.8. The Bertz CT molecular complexity index is 3240. The summed E-state index contributed by atoms with van der Waals surface area (Å²) in [4.78, 5) is 77.3. The first kappa shape index (κ1) is 48.2. The number of carbonyl (C=O) groups is 5. The normalized spacial score (nSPS) is 15.0. The van der Waals surface area contributed by atoms with Gasteiger partial charge in [-0.15, -0.1) is 0 Å². The maximum absolute atomic E-state index is 14.3. The average Bonchev–Trinajstić information content (AvgIpc) is 4.06. The molecule has 0 saturated carbocycles. The first-order valence-corrected chi connectivity index (χ1v) is 25.0. The van der Waals surface area contributed by atoms with Crippen molar-refractivity contribution in [2.24, 2.45) is 7.05 Å². The van der Waals surface area contributed by atoms with E-state index >= 15 is 0 Å². The Morgan fingerprint density at radius 3 is 2.59 bits per heavy atom. The van der Waals surface area contributed by atoms with Gasteiger partial charge < -0.3 is 15.5 Å². The molecule has 0 radical (unpaired) electrons. The van der Waals surface area contributed by atoms with Crippen LogP contribution in [0.25, 0.3) is 32.2 Å². The summed E-state index contributed by atoms with van der Waals surface area (Å²) >= 11 is 1.44. The summed E-state index contributed by atoms with van der Waals surface area (Å²) in [7, 11) is 1.79. The molecule has 5 amide bonds. The SMILES string of the molecule is C=C/C(C)=C(\CC)Cn1ncc(-c2ccc(N3CCc4cccc(C(=O)Nc5nc6ccccc6s5)c4C3)nc2C(=O)NCCCCCC(=O)Nc2ccc3c(C4CCC(=O)NC4=O)nn(C)c3c2)c1C. The minimum absolute atomic E-state index is 0.134. The molecule has 0 spiro atoms. The summed E-state index contributed by atoms with van der Waals surface area (Å²) in [6.07, 6.45) is 8.12. The first-order chi connectivity index (χ1) is 34.4. The quantitative estimate of drug-likeness (QED) is 0.0388. The van der Waals surface area contributed by atoms with Crippen molar-refractivity contribution in [1.29, 1.82) is 0 Å². The summed E-state index contributed by atoms with van der Waals surface area (Å²) < 4.78 is 4.63. The standard InChI is InChI=1S/C54H57N11O5S/c1-6-32(3)34(7-2)30-65-33(4)41(29-56-65)37-21-23-46(64-27-25-35-14-13-15-38(42(35)31-64)51(68)61-54-58-43-16-10-11-17-45(43)71-54)59-50(37)53(70)55-26-12-8-9-18-47(66)57-36-19-20-39-44(28-36)63(5)62-49(39)40-22-24-48(67)60-52(40)69/h6,10-11,13-17,19-21,23,28-29,40H,1,7-9,12,18,22,24-27,30-31H2,2-5H3,(H,55,70)(H,57,66)(H,58,61,68)(H,60,67,69)/b34-32+. The van der Waals surface area contributed by atoms with E-state index in [-0.39, 0.29) is 41.7 Å². The Morgan fingerprint density at radius 2 is 1.79 bits per heavy atom. The number of nitrogens with zero attached hydrogens (tertiary/aromatic N) is 7. The number of allylic oxidation sites excluding steroid dienone is 3. The van der Waals surface area contributed by atoms with Crippen LogP contribution in [0.15, 0.2) is 103 Å². The van der Waals surface area contributed by atoms with E-state index in [1.165, 1.54) is 16.9 Å². The van der Waals surface area contributed by atoms with Crippen LogP contribution in [0.1, 0.15) is 108 Å². The third kappa shape index (κ3) is 10.4. The molecule has 1 atom stereocenters. The fraction of sp³-hybridized carbons (Fsp3) is 0.315. The molecule has 17 heteroatoms. The third-order valence-corrected chi connectivity index (χ3v) is 14.5. The van der Waals surface area contributed by atoms with E-state index in [4.69, 9.17) is 10.1 Å². The number of aromatic nitrogens is 6. The lowest BCUT2D eigenvalue weighted by molar-refractivity contribution is -0.134. The van der Waals surface area contributed by atoms with Crippen LogP contribution in [-0.2, 0) is 40.9 Å². The van der Waals surface area contributed by atoms with Crippen molar-refractivity contribution in [2.45, 2.75) is 91.1 Å². The Hall–Kier alpha value is -7.79. The van der Waals surface area contributed by atoms with Gasteiger partial charge in [-0.1, -0.05) is 67.2 Å². The number of benzene rings is 3. The fourth-order valence-electron chi connectivity index (χ4n) is 9.48. The molecule has 2 aliphatic heterocycles. The molecule has 3 aromatic carbocycles. The molecule has 4 aromatic heterocycles. The van der Waals surface area contributed by atoms with Crippen LogP contribution in [0.4, 0.5) is 16.6 Å².